The number of carbonyl (C=O) groups excluding carboxylic acids is 2. The van der Waals surface area contributed by atoms with Crippen molar-refractivity contribution >= 4 is 28.4 Å². The van der Waals surface area contributed by atoms with Crippen molar-refractivity contribution < 1.29 is 19.1 Å². The van der Waals surface area contributed by atoms with E-state index in [1.54, 1.807) is 13.2 Å². The van der Waals surface area contributed by atoms with Crippen molar-refractivity contribution in [3.05, 3.63) is 95.7 Å². The van der Waals surface area contributed by atoms with Gasteiger partial charge in [0.1, 0.15) is 5.60 Å². The normalized spacial score (nSPS) is 11.4. The molecule has 0 unspecified atom stereocenters. The molecular formula is C32H35N3O4. The minimum Gasteiger partial charge on any atom is -0.456 e. The van der Waals surface area contributed by atoms with Crippen LogP contribution in [0, 0.1) is 0 Å². The Hall–Kier alpha value is -4.23. The number of rotatable bonds is 9. The second-order valence-electron chi connectivity index (χ2n) is 10.5. The maximum Gasteiger partial charge on any atom is 0.339 e. The second-order valence-corrected chi connectivity index (χ2v) is 10.5. The number of benzene rings is 3. The summed E-state index contributed by atoms with van der Waals surface area (Å²) in [5.41, 5.74) is 5.83. The molecule has 0 saturated heterocycles. The molecule has 0 radical (unpaired) electrons. The van der Waals surface area contributed by atoms with Gasteiger partial charge in [-0.05, 0) is 74.2 Å². The number of hydrogen-bond donors (Lipinski definition) is 1. The van der Waals surface area contributed by atoms with Crippen molar-refractivity contribution in [2.24, 2.45) is 0 Å². The van der Waals surface area contributed by atoms with E-state index in [1.807, 2.05) is 93.0 Å². The van der Waals surface area contributed by atoms with E-state index >= 15 is 0 Å². The summed E-state index contributed by atoms with van der Waals surface area (Å²) in [5.74, 6) is -0.499. The van der Waals surface area contributed by atoms with Crippen LogP contribution in [0.5, 0.6) is 0 Å². The van der Waals surface area contributed by atoms with Gasteiger partial charge in [-0.15, -0.1) is 0 Å². The number of hydrogen-bond acceptors (Lipinski definition) is 5. The zero-order valence-corrected chi connectivity index (χ0v) is 23.2. The van der Waals surface area contributed by atoms with Crippen LogP contribution in [0.25, 0.3) is 27.6 Å². The fourth-order valence-corrected chi connectivity index (χ4v) is 4.33. The van der Waals surface area contributed by atoms with Gasteiger partial charge >= 0.3 is 5.97 Å². The molecule has 0 atom stereocenters. The fourth-order valence-electron chi connectivity index (χ4n) is 4.33. The molecule has 0 aliphatic rings. The van der Waals surface area contributed by atoms with Gasteiger partial charge in [0.2, 0.25) is 0 Å². The van der Waals surface area contributed by atoms with Crippen LogP contribution in [0.4, 0.5) is 0 Å². The summed E-state index contributed by atoms with van der Waals surface area (Å²) in [5, 5.41) is 8.55. The number of ether oxygens (including phenoxy) is 2. The van der Waals surface area contributed by atoms with E-state index in [-0.39, 0.29) is 11.9 Å². The highest BCUT2D eigenvalue weighted by Gasteiger charge is 2.21. The molecule has 202 valence electrons. The standard InChI is InChI=1S/C32H35N3O4/c1-21(2)29-27-19-24(30(36)33-17-18-38-6)15-16-28(27)35(34-29)20-22-11-13-23(14-12-22)25-9-7-8-10-26(25)31(37)39-32(3,4)5/h7-16,19H,1,17-18,20H2,2-6H3,(H,33,36). The van der Waals surface area contributed by atoms with Crippen molar-refractivity contribution in [3.8, 4) is 11.1 Å². The van der Waals surface area contributed by atoms with Crippen molar-refractivity contribution in [3.63, 3.8) is 0 Å². The van der Waals surface area contributed by atoms with Gasteiger partial charge in [-0.3, -0.25) is 9.48 Å². The van der Waals surface area contributed by atoms with E-state index in [1.165, 1.54) is 0 Å². The summed E-state index contributed by atoms with van der Waals surface area (Å²) in [6.45, 7) is 13.0. The van der Waals surface area contributed by atoms with E-state index in [0.29, 0.717) is 30.8 Å². The Bertz CT molecular complexity index is 1510. The number of carbonyl (C=O) groups is 2. The Morgan fingerprint density at radius 2 is 1.74 bits per heavy atom. The minimum atomic E-state index is -0.572. The molecule has 39 heavy (non-hydrogen) atoms. The summed E-state index contributed by atoms with van der Waals surface area (Å²) in [6.07, 6.45) is 0. The van der Waals surface area contributed by atoms with E-state index < -0.39 is 5.60 Å². The molecule has 0 aliphatic carbocycles. The summed E-state index contributed by atoms with van der Waals surface area (Å²) < 4.78 is 12.6. The Morgan fingerprint density at radius 3 is 2.41 bits per heavy atom. The van der Waals surface area contributed by atoms with Gasteiger partial charge < -0.3 is 14.8 Å². The number of amides is 1. The predicted molar refractivity (Wildman–Crippen MR) is 155 cm³/mol. The molecule has 4 aromatic rings. The predicted octanol–water partition coefficient (Wildman–Crippen LogP) is 6.12. The van der Waals surface area contributed by atoms with Gasteiger partial charge in [0.15, 0.2) is 0 Å². The van der Waals surface area contributed by atoms with Crippen LogP contribution in [0.1, 0.15) is 59.7 Å². The maximum absolute atomic E-state index is 12.8. The average Bonchev–Trinajstić information content (AvgIpc) is 3.26. The molecule has 0 aliphatic heterocycles. The Balaban J connectivity index is 1.60. The first-order valence-corrected chi connectivity index (χ1v) is 12.9. The molecule has 7 nitrogen and oxygen atoms in total. The molecule has 0 fully saturated rings. The van der Waals surface area contributed by atoms with Crippen molar-refractivity contribution in [2.45, 2.75) is 39.8 Å². The first-order valence-electron chi connectivity index (χ1n) is 12.9. The lowest BCUT2D eigenvalue weighted by atomic mass is 9.98. The highest BCUT2D eigenvalue weighted by molar-refractivity contribution is 6.00. The smallest absolute Gasteiger partial charge is 0.339 e. The largest absolute Gasteiger partial charge is 0.456 e. The minimum absolute atomic E-state index is 0.156. The molecule has 1 N–H and O–H groups in total. The quantitative estimate of drug-likeness (QED) is 0.210. The van der Waals surface area contributed by atoms with Crippen LogP contribution in [0.2, 0.25) is 0 Å². The molecule has 7 heteroatoms. The maximum atomic E-state index is 12.8. The highest BCUT2D eigenvalue weighted by atomic mass is 16.6. The van der Waals surface area contributed by atoms with Gasteiger partial charge in [-0.2, -0.15) is 5.10 Å². The number of esters is 1. The van der Waals surface area contributed by atoms with Crippen LogP contribution in [0.3, 0.4) is 0 Å². The number of nitrogens with one attached hydrogen (secondary N) is 1. The molecule has 4 rings (SSSR count). The Kier molecular flexibility index (Phi) is 8.31. The average molecular weight is 526 g/mol. The van der Waals surface area contributed by atoms with Crippen LogP contribution < -0.4 is 5.32 Å². The summed E-state index contributed by atoms with van der Waals surface area (Å²) in [7, 11) is 1.60. The number of methoxy groups -OCH3 is 1. The number of nitrogens with zero attached hydrogens (tertiary/aromatic N) is 2. The van der Waals surface area contributed by atoms with Gasteiger partial charge in [-0.25, -0.2) is 4.79 Å². The lowest BCUT2D eigenvalue weighted by molar-refractivity contribution is 0.00703. The Labute approximate surface area is 229 Å². The SMILES string of the molecule is C=C(C)c1nn(Cc2ccc(-c3ccccc3C(=O)OC(C)(C)C)cc2)c2ccc(C(=O)NCCOC)cc12. The molecular weight excluding hydrogens is 490 g/mol. The lowest BCUT2D eigenvalue weighted by Crippen LogP contribution is -2.26. The molecule has 0 saturated carbocycles. The molecule has 1 amide bonds. The van der Waals surface area contributed by atoms with Gasteiger partial charge in [0.05, 0.1) is 29.9 Å². The lowest BCUT2D eigenvalue weighted by Gasteiger charge is -2.20. The van der Waals surface area contributed by atoms with Crippen LogP contribution in [0.15, 0.2) is 73.3 Å². The third-order valence-electron chi connectivity index (χ3n) is 6.15. The van der Waals surface area contributed by atoms with E-state index in [9.17, 15) is 9.59 Å². The highest BCUT2D eigenvalue weighted by Crippen LogP contribution is 2.28. The van der Waals surface area contributed by atoms with Crippen LogP contribution >= 0.6 is 0 Å². The second kappa shape index (κ2) is 11.7. The third kappa shape index (κ3) is 6.62. The first kappa shape index (κ1) is 27.8. The zero-order valence-electron chi connectivity index (χ0n) is 23.2. The fraction of sp³-hybridized carbons (Fsp3) is 0.281. The van der Waals surface area contributed by atoms with Crippen LogP contribution in [-0.2, 0) is 16.0 Å². The van der Waals surface area contributed by atoms with Crippen molar-refractivity contribution in [1.29, 1.82) is 0 Å². The number of fused-ring (bicyclic) bond motifs is 1. The topological polar surface area (TPSA) is 82.5 Å². The monoisotopic (exact) mass is 525 g/mol. The first-order chi connectivity index (χ1) is 18.6. The molecule has 0 spiro atoms. The van der Waals surface area contributed by atoms with Gasteiger partial charge in [-0.1, -0.05) is 49.0 Å². The zero-order chi connectivity index (χ0) is 28.2. The van der Waals surface area contributed by atoms with E-state index in [4.69, 9.17) is 14.6 Å². The summed E-state index contributed by atoms with van der Waals surface area (Å²) in [4.78, 5) is 25.4. The van der Waals surface area contributed by atoms with Crippen molar-refractivity contribution in [1.82, 2.24) is 15.1 Å². The Morgan fingerprint density at radius 1 is 1.03 bits per heavy atom. The third-order valence-corrected chi connectivity index (χ3v) is 6.15. The van der Waals surface area contributed by atoms with E-state index in [0.717, 1.165) is 38.9 Å². The number of allylic oxidation sites excluding steroid dienone is 1. The summed E-state index contributed by atoms with van der Waals surface area (Å²) in [6, 6.07) is 21.1. The van der Waals surface area contributed by atoms with E-state index in [2.05, 4.69) is 11.9 Å². The number of aromatic nitrogens is 2. The molecule has 1 aromatic heterocycles. The molecule has 1 heterocycles. The van der Waals surface area contributed by atoms with Gasteiger partial charge in [0.25, 0.3) is 5.91 Å². The molecule has 3 aromatic carbocycles. The van der Waals surface area contributed by atoms with Gasteiger partial charge in [0, 0.05) is 24.6 Å². The molecule has 0 bridgehead atoms. The van der Waals surface area contributed by atoms with Crippen LogP contribution in [-0.4, -0.2) is 47.5 Å². The summed E-state index contributed by atoms with van der Waals surface area (Å²) >= 11 is 0. The van der Waals surface area contributed by atoms with Crippen molar-refractivity contribution in [2.75, 3.05) is 20.3 Å².